The van der Waals surface area contributed by atoms with Crippen LogP contribution in [-0.2, 0) is 16.0 Å². The van der Waals surface area contributed by atoms with Crippen molar-refractivity contribution >= 4 is 45.0 Å². The molecular formula is C25H22ClN3O3S. The number of halogens is 1. The van der Waals surface area contributed by atoms with Crippen molar-refractivity contribution in [1.29, 1.82) is 0 Å². The first-order valence-electron chi connectivity index (χ1n) is 10.8. The molecule has 5 rings (SSSR count). The lowest BCUT2D eigenvalue weighted by molar-refractivity contribution is -0.125. The molecular weight excluding hydrogens is 458 g/mol. The summed E-state index contributed by atoms with van der Waals surface area (Å²) in [7, 11) is 0. The third-order valence-corrected chi connectivity index (χ3v) is 7.20. The van der Waals surface area contributed by atoms with Gasteiger partial charge in [-0.15, -0.1) is 11.3 Å². The molecule has 0 radical (unpaired) electrons. The number of amides is 1. The lowest BCUT2D eigenvalue weighted by Crippen LogP contribution is -2.34. The summed E-state index contributed by atoms with van der Waals surface area (Å²) in [6, 6.07) is 17.2. The molecule has 1 aliphatic carbocycles. The van der Waals surface area contributed by atoms with Crippen LogP contribution in [0.15, 0.2) is 54.6 Å². The predicted molar refractivity (Wildman–Crippen MR) is 129 cm³/mol. The Bertz CT molecular complexity index is 1340. The molecule has 0 saturated carbocycles. The van der Waals surface area contributed by atoms with E-state index in [9.17, 15) is 9.59 Å². The monoisotopic (exact) mass is 479 g/mol. The van der Waals surface area contributed by atoms with Gasteiger partial charge in [-0.25, -0.2) is 9.48 Å². The number of esters is 1. The Morgan fingerprint density at radius 1 is 1.21 bits per heavy atom. The normalized spacial score (nSPS) is 15.3. The number of aromatic nitrogens is 2. The molecule has 8 heteroatoms. The Morgan fingerprint density at radius 3 is 2.82 bits per heavy atom. The van der Waals surface area contributed by atoms with E-state index in [4.69, 9.17) is 16.3 Å². The standard InChI is InChI=1S/C25H22ClN3O3S/c1-15-20-13-22(33-24(20)29(28-15)18-11-9-17(26)10-12-18)25(31)32-14-23(30)27-21-8-4-6-16-5-2-3-7-19(16)21/h2-3,5,7,9-13,21H,4,6,8,14H2,1H3,(H,27,30). The summed E-state index contributed by atoms with van der Waals surface area (Å²) in [5.41, 5.74) is 4.08. The van der Waals surface area contributed by atoms with E-state index in [2.05, 4.69) is 22.5 Å². The Morgan fingerprint density at radius 2 is 2.00 bits per heavy atom. The minimum Gasteiger partial charge on any atom is -0.451 e. The van der Waals surface area contributed by atoms with E-state index in [1.165, 1.54) is 16.9 Å². The fraction of sp³-hybridized carbons (Fsp3) is 0.240. The Hall–Kier alpha value is -3.16. The number of carbonyl (C=O) groups excluding carboxylic acids is 2. The summed E-state index contributed by atoms with van der Waals surface area (Å²) in [6.07, 6.45) is 2.93. The van der Waals surface area contributed by atoms with Gasteiger partial charge in [0.05, 0.1) is 17.4 Å². The molecule has 33 heavy (non-hydrogen) atoms. The summed E-state index contributed by atoms with van der Waals surface area (Å²) in [6.45, 7) is 1.58. The number of hydrogen-bond donors (Lipinski definition) is 1. The number of thiophene rings is 1. The van der Waals surface area contributed by atoms with Crippen molar-refractivity contribution in [3.8, 4) is 5.69 Å². The van der Waals surface area contributed by atoms with Gasteiger partial charge in [0.2, 0.25) is 0 Å². The zero-order chi connectivity index (χ0) is 22.9. The number of ether oxygens (including phenoxy) is 1. The first-order chi connectivity index (χ1) is 16.0. The van der Waals surface area contributed by atoms with Crippen LogP contribution in [0, 0.1) is 6.92 Å². The van der Waals surface area contributed by atoms with E-state index in [0.29, 0.717) is 9.90 Å². The van der Waals surface area contributed by atoms with E-state index in [1.54, 1.807) is 22.9 Å². The summed E-state index contributed by atoms with van der Waals surface area (Å²) in [4.78, 5) is 26.4. The Labute approximate surface area is 200 Å². The molecule has 0 bridgehead atoms. The molecule has 1 amide bonds. The first-order valence-corrected chi connectivity index (χ1v) is 12.0. The third kappa shape index (κ3) is 4.38. The zero-order valence-electron chi connectivity index (χ0n) is 18.0. The van der Waals surface area contributed by atoms with Crippen LogP contribution >= 0.6 is 22.9 Å². The van der Waals surface area contributed by atoms with E-state index in [1.807, 2.05) is 31.2 Å². The smallest absolute Gasteiger partial charge is 0.348 e. The number of hydrogen-bond acceptors (Lipinski definition) is 5. The molecule has 2 aromatic carbocycles. The van der Waals surface area contributed by atoms with Crippen molar-refractivity contribution in [2.24, 2.45) is 0 Å². The van der Waals surface area contributed by atoms with Gasteiger partial charge in [0, 0.05) is 10.4 Å². The van der Waals surface area contributed by atoms with Gasteiger partial charge in [0.15, 0.2) is 6.61 Å². The SMILES string of the molecule is Cc1nn(-c2ccc(Cl)cc2)c2sc(C(=O)OCC(=O)NC3CCCc4ccccc43)cc12. The van der Waals surface area contributed by atoms with Crippen LogP contribution in [0.4, 0.5) is 0 Å². The van der Waals surface area contributed by atoms with Gasteiger partial charge < -0.3 is 10.1 Å². The van der Waals surface area contributed by atoms with Crippen LogP contribution < -0.4 is 5.32 Å². The molecule has 2 aromatic heterocycles. The number of aryl methyl sites for hydroxylation is 2. The first kappa shape index (κ1) is 21.7. The molecule has 2 heterocycles. The minimum absolute atomic E-state index is 0.0431. The zero-order valence-corrected chi connectivity index (χ0v) is 19.6. The minimum atomic E-state index is -0.516. The maximum absolute atomic E-state index is 12.7. The average Bonchev–Trinajstić information content (AvgIpc) is 3.39. The highest BCUT2D eigenvalue weighted by molar-refractivity contribution is 7.20. The summed E-state index contributed by atoms with van der Waals surface area (Å²) in [5.74, 6) is -0.813. The van der Waals surface area contributed by atoms with Crippen molar-refractivity contribution in [2.75, 3.05) is 6.61 Å². The molecule has 0 fully saturated rings. The third-order valence-electron chi connectivity index (χ3n) is 5.86. The lowest BCUT2D eigenvalue weighted by Gasteiger charge is -2.26. The molecule has 1 N–H and O–H groups in total. The van der Waals surface area contributed by atoms with Gasteiger partial charge in [0.1, 0.15) is 9.71 Å². The second-order valence-electron chi connectivity index (χ2n) is 8.09. The highest BCUT2D eigenvalue weighted by Gasteiger charge is 2.23. The second-order valence-corrected chi connectivity index (χ2v) is 9.56. The number of nitrogens with one attached hydrogen (secondary N) is 1. The van der Waals surface area contributed by atoms with Crippen LogP contribution in [-0.4, -0.2) is 28.3 Å². The van der Waals surface area contributed by atoms with Crippen molar-refractivity contribution < 1.29 is 14.3 Å². The van der Waals surface area contributed by atoms with E-state index in [-0.39, 0.29) is 18.6 Å². The fourth-order valence-corrected chi connectivity index (χ4v) is 5.45. The van der Waals surface area contributed by atoms with Gasteiger partial charge in [-0.2, -0.15) is 5.10 Å². The number of fused-ring (bicyclic) bond motifs is 2. The highest BCUT2D eigenvalue weighted by Crippen LogP contribution is 2.32. The summed E-state index contributed by atoms with van der Waals surface area (Å²) in [5, 5.41) is 9.11. The van der Waals surface area contributed by atoms with Crippen LogP contribution in [0.2, 0.25) is 5.02 Å². The predicted octanol–water partition coefficient (Wildman–Crippen LogP) is 5.40. The topological polar surface area (TPSA) is 73.2 Å². The lowest BCUT2D eigenvalue weighted by atomic mass is 9.88. The molecule has 0 spiro atoms. The molecule has 168 valence electrons. The summed E-state index contributed by atoms with van der Waals surface area (Å²) >= 11 is 7.29. The second kappa shape index (κ2) is 9.00. The van der Waals surface area contributed by atoms with Gasteiger partial charge in [0.25, 0.3) is 5.91 Å². The van der Waals surface area contributed by atoms with Crippen LogP contribution in [0.1, 0.15) is 45.4 Å². The van der Waals surface area contributed by atoms with Crippen molar-refractivity contribution in [1.82, 2.24) is 15.1 Å². The van der Waals surface area contributed by atoms with Crippen LogP contribution in [0.25, 0.3) is 15.9 Å². The largest absolute Gasteiger partial charge is 0.451 e. The number of carbonyl (C=O) groups is 2. The van der Waals surface area contributed by atoms with Gasteiger partial charge in [-0.05, 0) is 67.6 Å². The molecule has 1 atom stereocenters. The van der Waals surface area contributed by atoms with Crippen LogP contribution in [0.5, 0.6) is 0 Å². The Balaban J connectivity index is 1.27. The van der Waals surface area contributed by atoms with E-state index < -0.39 is 5.97 Å². The quantitative estimate of drug-likeness (QED) is 0.389. The van der Waals surface area contributed by atoms with Gasteiger partial charge in [-0.3, -0.25) is 4.79 Å². The van der Waals surface area contributed by atoms with Gasteiger partial charge >= 0.3 is 5.97 Å². The fourth-order valence-electron chi connectivity index (χ4n) is 4.25. The van der Waals surface area contributed by atoms with Crippen LogP contribution in [0.3, 0.4) is 0 Å². The molecule has 0 aliphatic heterocycles. The number of nitrogens with zero attached hydrogens (tertiary/aromatic N) is 2. The summed E-state index contributed by atoms with van der Waals surface area (Å²) < 4.78 is 7.12. The highest BCUT2D eigenvalue weighted by atomic mass is 35.5. The van der Waals surface area contributed by atoms with Crippen molar-refractivity contribution in [3.63, 3.8) is 0 Å². The maximum Gasteiger partial charge on any atom is 0.348 e. The molecule has 1 aliphatic rings. The van der Waals surface area contributed by atoms with Gasteiger partial charge in [-0.1, -0.05) is 35.9 Å². The van der Waals surface area contributed by atoms with Crippen molar-refractivity contribution in [2.45, 2.75) is 32.2 Å². The number of rotatable bonds is 5. The molecule has 1 unspecified atom stereocenters. The van der Waals surface area contributed by atoms with E-state index >= 15 is 0 Å². The molecule has 4 aromatic rings. The van der Waals surface area contributed by atoms with Crippen molar-refractivity contribution in [3.05, 3.63) is 81.3 Å². The maximum atomic E-state index is 12.7. The van der Waals surface area contributed by atoms with E-state index in [0.717, 1.165) is 46.4 Å². The number of benzene rings is 2. The molecule has 0 saturated heterocycles. The Kier molecular flexibility index (Phi) is 5.91. The average molecular weight is 480 g/mol. The molecule has 6 nitrogen and oxygen atoms in total.